The molecule has 0 bridgehead atoms. The molecule has 4 nitrogen and oxygen atoms in total. The van der Waals surface area contributed by atoms with Gasteiger partial charge in [0.1, 0.15) is 0 Å². The third kappa shape index (κ3) is 2.49. The largest absolute Gasteiger partial charge is 0.368 e. The van der Waals surface area contributed by atoms with Gasteiger partial charge in [-0.05, 0) is 19.1 Å². The van der Waals surface area contributed by atoms with Gasteiger partial charge in [0.05, 0.1) is 5.52 Å². The molecule has 4 heteroatoms. The van der Waals surface area contributed by atoms with Crippen LogP contribution in [-0.4, -0.2) is 48.6 Å². The van der Waals surface area contributed by atoms with Crippen molar-refractivity contribution in [3.05, 3.63) is 36.5 Å². The van der Waals surface area contributed by atoms with Gasteiger partial charge in [-0.1, -0.05) is 18.2 Å². The van der Waals surface area contributed by atoms with E-state index in [1.807, 2.05) is 12.3 Å². The van der Waals surface area contributed by atoms with Crippen molar-refractivity contribution in [1.29, 1.82) is 0 Å². The summed E-state index contributed by atoms with van der Waals surface area (Å²) in [5.41, 5.74) is 8.13. The highest BCUT2D eigenvalue weighted by molar-refractivity contribution is 5.91. The molecule has 1 unspecified atom stereocenters. The lowest BCUT2D eigenvalue weighted by molar-refractivity contribution is 0.201. The van der Waals surface area contributed by atoms with E-state index >= 15 is 0 Å². The lowest BCUT2D eigenvalue weighted by atomic mass is 10.1. The number of hydrogen-bond donors (Lipinski definition) is 1. The fourth-order valence-electron chi connectivity index (χ4n) is 2.91. The number of fused-ring (bicyclic) bond motifs is 1. The van der Waals surface area contributed by atoms with E-state index in [1.165, 1.54) is 11.1 Å². The lowest BCUT2D eigenvalue weighted by Gasteiger charge is -2.39. The van der Waals surface area contributed by atoms with Crippen molar-refractivity contribution in [1.82, 2.24) is 9.88 Å². The highest BCUT2D eigenvalue weighted by Gasteiger charge is 2.21. The Morgan fingerprint density at radius 1 is 1.15 bits per heavy atom. The minimum atomic E-state index is 0.478. The van der Waals surface area contributed by atoms with Crippen LogP contribution in [0.15, 0.2) is 36.5 Å². The minimum absolute atomic E-state index is 0.478. The van der Waals surface area contributed by atoms with Crippen LogP contribution >= 0.6 is 0 Å². The van der Waals surface area contributed by atoms with Crippen molar-refractivity contribution < 1.29 is 0 Å². The van der Waals surface area contributed by atoms with Crippen LogP contribution in [0.3, 0.4) is 0 Å². The zero-order valence-electron chi connectivity index (χ0n) is 12.0. The van der Waals surface area contributed by atoms with Crippen molar-refractivity contribution >= 4 is 16.6 Å². The van der Waals surface area contributed by atoms with Gasteiger partial charge in [0.2, 0.25) is 0 Å². The maximum Gasteiger partial charge on any atom is 0.0722 e. The van der Waals surface area contributed by atoms with Gasteiger partial charge in [0, 0.05) is 56.0 Å². The first kappa shape index (κ1) is 13.3. The second-order valence-corrected chi connectivity index (χ2v) is 5.45. The predicted octanol–water partition coefficient (Wildman–Crippen LogP) is 1.70. The van der Waals surface area contributed by atoms with Crippen LogP contribution in [0.4, 0.5) is 5.69 Å². The van der Waals surface area contributed by atoms with Crippen LogP contribution in [0.2, 0.25) is 0 Å². The van der Waals surface area contributed by atoms with E-state index in [0.717, 1.165) is 38.2 Å². The SMILES string of the molecule is CC(CN)N1CCN(c2ccnc3ccccc23)CC1. The molecule has 0 saturated carbocycles. The number of nitrogens with zero attached hydrogens (tertiary/aromatic N) is 3. The number of piperazine rings is 1. The van der Waals surface area contributed by atoms with Crippen LogP contribution < -0.4 is 10.6 Å². The zero-order chi connectivity index (χ0) is 13.9. The second kappa shape index (κ2) is 5.77. The Morgan fingerprint density at radius 2 is 1.90 bits per heavy atom. The van der Waals surface area contributed by atoms with Gasteiger partial charge in [-0.2, -0.15) is 0 Å². The lowest BCUT2D eigenvalue weighted by Crippen LogP contribution is -2.51. The molecule has 1 aliphatic rings. The maximum atomic E-state index is 5.76. The molecule has 0 radical (unpaired) electrons. The smallest absolute Gasteiger partial charge is 0.0722 e. The first-order chi connectivity index (χ1) is 9.79. The van der Waals surface area contributed by atoms with E-state index in [1.54, 1.807) is 0 Å². The van der Waals surface area contributed by atoms with Crippen molar-refractivity contribution in [2.24, 2.45) is 5.73 Å². The van der Waals surface area contributed by atoms with E-state index in [0.29, 0.717) is 6.04 Å². The number of hydrogen-bond acceptors (Lipinski definition) is 4. The molecule has 20 heavy (non-hydrogen) atoms. The Morgan fingerprint density at radius 3 is 2.65 bits per heavy atom. The molecular weight excluding hydrogens is 248 g/mol. The first-order valence-corrected chi connectivity index (χ1v) is 7.32. The number of benzene rings is 1. The summed E-state index contributed by atoms with van der Waals surface area (Å²) in [7, 11) is 0. The predicted molar refractivity (Wildman–Crippen MR) is 84.0 cm³/mol. The summed E-state index contributed by atoms with van der Waals surface area (Å²) >= 11 is 0. The molecule has 1 aromatic carbocycles. The molecule has 1 saturated heterocycles. The van der Waals surface area contributed by atoms with Gasteiger partial charge in [-0.25, -0.2) is 0 Å². The number of anilines is 1. The van der Waals surface area contributed by atoms with Crippen molar-refractivity contribution in [3.63, 3.8) is 0 Å². The van der Waals surface area contributed by atoms with Crippen LogP contribution in [0, 0.1) is 0 Å². The third-order valence-electron chi connectivity index (χ3n) is 4.25. The fourth-order valence-corrected chi connectivity index (χ4v) is 2.91. The first-order valence-electron chi connectivity index (χ1n) is 7.32. The Kier molecular flexibility index (Phi) is 3.85. The molecule has 1 aliphatic heterocycles. The molecule has 2 aromatic rings. The Hall–Kier alpha value is -1.65. The molecule has 1 aromatic heterocycles. The molecular formula is C16H22N4. The van der Waals surface area contributed by atoms with Crippen molar-refractivity contribution in [3.8, 4) is 0 Å². The Balaban J connectivity index is 1.80. The van der Waals surface area contributed by atoms with Crippen molar-refractivity contribution in [2.75, 3.05) is 37.6 Å². The van der Waals surface area contributed by atoms with Crippen LogP contribution in [0.5, 0.6) is 0 Å². The quantitative estimate of drug-likeness (QED) is 0.922. The summed E-state index contributed by atoms with van der Waals surface area (Å²) in [6.07, 6.45) is 1.91. The molecule has 0 aliphatic carbocycles. The van der Waals surface area contributed by atoms with E-state index in [4.69, 9.17) is 5.73 Å². The molecule has 0 amide bonds. The average molecular weight is 270 g/mol. The summed E-state index contributed by atoms with van der Waals surface area (Å²) in [4.78, 5) is 9.37. The standard InChI is InChI=1S/C16H22N4/c1-13(12-17)19-8-10-20(11-9-19)16-6-7-18-15-5-3-2-4-14(15)16/h2-7,13H,8-12,17H2,1H3. The molecule has 0 spiro atoms. The maximum absolute atomic E-state index is 5.76. The minimum Gasteiger partial charge on any atom is -0.368 e. The Labute approximate surface area is 120 Å². The van der Waals surface area contributed by atoms with Gasteiger partial charge in [0.15, 0.2) is 0 Å². The van der Waals surface area contributed by atoms with Gasteiger partial charge in [-0.15, -0.1) is 0 Å². The third-order valence-corrected chi connectivity index (χ3v) is 4.25. The van der Waals surface area contributed by atoms with Gasteiger partial charge >= 0.3 is 0 Å². The van der Waals surface area contributed by atoms with E-state index in [-0.39, 0.29) is 0 Å². The molecule has 106 valence electrons. The summed E-state index contributed by atoms with van der Waals surface area (Å²) in [5.74, 6) is 0. The summed E-state index contributed by atoms with van der Waals surface area (Å²) in [6.45, 7) is 7.20. The van der Waals surface area contributed by atoms with Crippen LogP contribution in [0.1, 0.15) is 6.92 Å². The number of aromatic nitrogens is 1. The number of nitrogens with two attached hydrogens (primary N) is 1. The van der Waals surface area contributed by atoms with E-state index in [9.17, 15) is 0 Å². The topological polar surface area (TPSA) is 45.4 Å². The Bertz CT molecular complexity index is 570. The summed E-state index contributed by atoms with van der Waals surface area (Å²) in [6, 6.07) is 11.0. The molecule has 2 N–H and O–H groups in total. The zero-order valence-corrected chi connectivity index (χ0v) is 12.0. The fraction of sp³-hybridized carbons (Fsp3) is 0.438. The summed E-state index contributed by atoms with van der Waals surface area (Å²) < 4.78 is 0. The van der Waals surface area contributed by atoms with Gasteiger partial charge in [-0.3, -0.25) is 9.88 Å². The number of pyridine rings is 1. The van der Waals surface area contributed by atoms with Crippen LogP contribution in [0.25, 0.3) is 10.9 Å². The van der Waals surface area contributed by atoms with E-state index < -0.39 is 0 Å². The van der Waals surface area contributed by atoms with Crippen molar-refractivity contribution in [2.45, 2.75) is 13.0 Å². The normalized spacial score (nSPS) is 18.4. The second-order valence-electron chi connectivity index (χ2n) is 5.45. The summed E-state index contributed by atoms with van der Waals surface area (Å²) in [5, 5.41) is 1.25. The monoisotopic (exact) mass is 270 g/mol. The highest BCUT2D eigenvalue weighted by Crippen LogP contribution is 2.26. The molecule has 3 rings (SSSR count). The van der Waals surface area contributed by atoms with Gasteiger partial charge < -0.3 is 10.6 Å². The number of para-hydroxylation sites is 1. The number of rotatable bonds is 3. The van der Waals surface area contributed by atoms with Crippen LogP contribution in [-0.2, 0) is 0 Å². The molecule has 2 heterocycles. The highest BCUT2D eigenvalue weighted by atomic mass is 15.3. The van der Waals surface area contributed by atoms with E-state index in [2.05, 4.69) is 46.0 Å². The average Bonchev–Trinajstić information content (AvgIpc) is 2.54. The van der Waals surface area contributed by atoms with Gasteiger partial charge in [0.25, 0.3) is 0 Å². The molecule has 1 fully saturated rings. The molecule has 1 atom stereocenters.